The van der Waals surface area contributed by atoms with Crippen molar-refractivity contribution < 1.29 is 10.2 Å². The smallest absolute Gasteiger partial charge is 0.123 e. The molecule has 0 radical (unpaired) electrons. The Morgan fingerprint density at radius 3 is 2.38 bits per heavy atom. The second-order valence-electron chi connectivity index (χ2n) is 3.71. The molecule has 2 aromatic carbocycles. The van der Waals surface area contributed by atoms with Crippen LogP contribution in [-0.4, -0.2) is 10.2 Å². The molecule has 16 heavy (non-hydrogen) atoms. The van der Waals surface area contributed by atoms with Crippen molar-refractivity contribution in [2.75, 3.05) is 0 Å². The zero-order valence-electron chi connectivity index (χ0n) is 9.14. The molecule has 2 heteroatoms. The molecule has 2 rings (SSSR count). The monoisotopic (exact) mass is 214 g/mol. The number of para-hydroxylation sites is 1. The Bertz CT molecular complexity index is 504. The Morgan fingerprint density at radius 2 is 1.69 bits per heavy atom. The summed E-state index contributed by atoms with van der Waals surface area (Å²) in [4.78, 5) is 0. The Hall–Kier alpha value is -1.96. The van der Waals surface area contributed by atoms with Gasteiger partial charge < -0.3 is 10.2 Å². The quantitative estimate of drug-likeness (QED) is 0.805. The summed E-state index contributed by atoms with van der Waals surface area (Å²) >= 11 is 0. The van der Waals surface area contributed by atoms with E-state index in [1.54, 1.807) is 18.2 Å². The molecule has 0 aromatic heterocycles. The lowest BCUT2D eigenvalue weighted by molar-refractivity contribution is 0.468. The number of benzene rings is 2. The molecule has 0 unspecified atom stereocenters. The number of aryl methyl sites for hydroxylation is 1. The molecule has 0 aliphatic carbocycles. The maximum atomic E-state index is 9.73. The number of rotatable bonds is 2. The molecular weight excluding hydrogens is 200 g/mol. The van der Waals surface area contributed by atoms with Gasteiger partial charge in [-0.25, -0.2) is 0 Å². The van der Waals surface area contributed by atoms with Gasteiger partial charge in [-0.05, 0) is 35.7 Å². The van der Waals surface area contributed by atoms with E-state index < -0.39 is 0 Å². The third-order valence-electron chi connectivity index (χ3n) is 2.68. The number of phenols is 2. The summed E-state index contributed by atoms with van der Waals surface area (Å²) in [5.41, 5.74) is 2.60. The van der Waals surface area contributed by atoms with Crippen LogP contribution in [0.15, 0.2) is 42.5 Å². The molecule has 0 amide bonds. The highest BCUT2D eigenvalue weighted by Crippen LogP contribution is 2.31. The summed E-state index contributed by atoms with van der Waals surface area (Å²) in [6, 6.07) is 12.6. The van der Waals surface area contributed by atoms with Crippen LogP contribution in [0.2, 0.25) is 0 Å². The highest BCUT2D eigenvalue weighted by Gasteiger charge is 2.06. The molecule has 0 spiro atoms. The average Bonchev–Trinajstić information content (AvgIpc) is 2.31. The topological polar surface area (TPSA) is 40.5 Å². The SMILES string of the molecule is CCc1cc(-c2ccccc2O)ccc1O. The van der Waals surface area contributed by atoms with Crippen molar-refractivity contribution in [3.8, 4) is 22.6 Å². The highest BCUT2D eigenvalue weighted by molar-refractivity contribution is 5.71. The molecule has 0 aliphatic heterocycles. The Kier molecular flexibility index (Phi) is 2.82. The van der Waals surface area contributed by atoms with Crippen molar-refractivity contribution in [3.05, 3.63) is 48.0 Å². The lowest BCUT2D eigenvalue weighted by atomic mass is 10.0. The Morgan fingerprint density at radius 1 is 0.938 bits per heavy atom. The minimum Gasteiger partial charge on any atom is -0.508 e. The van der Waals surface area contributed by atoms with Gasteiger partial charge >= 0.3 is 0 Å². The van der Waals surface area contributed by atoms with Gasteiger partial charge in [0.25, 0.3) is 0 Å². The predicted molar refractivity (Wildman–Crippen MR) is 64.6 cm³/mol. The molecule has 2 nitrogen and oxygen atoms in total. The fourth-order valence-corrected chi connectivity index (χ4v) is 1.75. The van der Waals surface area contributed by atoms with Gasteiger partial charge in [0.05, 0.1) is 0 Å². The van der Waals surface area contributed by atoms with Crippen LogP contribution in [0.25, 0.3) is 11.1 Å². The molecule has 0 fully saturated rings. The summed E-state index contributed by atoms with van der Waals surface area (Å²) in [5.74, 6) is 0.567. The molecule has 0 saturated carbocycles. The second-order valence-corrected chi connectivity index (χ2v) is 3.71. The van der Waals surface area contributed by atoms with Crippen molar-refractivity contribution >= 4 is 0 Å². The van der Waals surface area contributed by atoms with Crippen LogP contribution in [-0.2, 0) is 6.42 Å². The van der Waals surface area contributed by atoms with Gasteiger partial charge in [0.2, 0.25) is 0 Å². The first-order chi connectivity index (χ1) is 7.72. The lowest BCUT2D eigenvalue weighted by Gasteiger charge is -2.07. The molecule has 2 aromatic rings. The predicted octanol–water partition coefficient (Wildman–Crippen LogP) is 3.33. The average molecular weight is 214 g/mol. The molecule has 2 N–H and O–H groups in total. The fourth-order valence-electron chi connectivity index (χ4n) is 1.75. The molecular formula is C14H14O2. The van der Waals surface area contributed by atoms with E-state index >= 15 is 0 Å². The summed E-state index contributed by atoms with van der Waals surface area (Å²) in [5, 5.41) is 19.3. The van der Waals surface area contributed by atoms with Gasteiger partial charge in [-0.2, -0.15) is 0 Å². The zero-order valence-corrected chi connectivity index (χ0v) is 9.14. The van der Waals surface area contributed by atoms with Gasteiger partial charge in [0, 0.05) is 5.56 Å². The van der Waals surface area contributed by atoms with Crippen LogP contribution in [0.4, 0.5) is 0 Å². The Labute approximate surface area is 94.8 Å². The first-order valence-corrected chi connectivity index (χ1v) is 5.32. The number of hydrogen-bond donors (Lipinski definition) is 2. The largest absolute Gasteiger partial charge is 0.508 e. The van der Waals surface area contributed by atoms with E-state index in [1.807, 2.05) is 31.2 Å². The van der Waals surface area contributed by atoms with Crippen molar-refractivity contribution in [2.24, 2.45) is 0 Å². The Balaban J connectivity index is 2.53. The van der Waals surface area contributed by atoms with E-state index in [-0.39, 0.29) is 5.75 Å². The van der Waals surface area contributed by atoms with E-state index in [4.69, 9.17) is 0 Å². The summed E-state index contributed by atoms with van der Waals surface area (Å²) in [6.45, 7) is 1.99. The zero-order chi connectivity index (χ0) is 11.5. The standard InChI is InChI=1S/C14H14O2/c1-2-10-9-11(7-8-13(10)15)12-5-3-4-6-14(12)16/h3-9,15-16H,2H2,1H3. The molecule has 0 heterocycles. The third-order valence-corrected chi connectivity index (χ3v) is 2.68. The summed E-state index contributed by atoms with van der Waals surface area (Å²) in [6.07, 6.45) is 0.771. The van der Waals surface area contributed by atoms with Crippen molar-refractivity contribution in [1.82, 2.24) is 0 Å². The van der Waals surface area contributed by atoms with E-state index in [1.165, 1.54) is 0 Å². The summed E-state index contributed by atoms with van der Waals surface area (Å²) in [7, 11) is 0. The van der Waals surface area contributed by atoms with Crippen LogP contribution in [0.5, 0.6) is 11.5 Å². The number of aromatic hydroxyl groups is 2. The van der Waals surface area contributed by atoms with Gasteiger partial charge in [-0.1, -0.05) is 31.2 Å². The van der Waals surface area contributed by atoms with E-state index in [0.29, 0.717) is 5.75 Å². The maximum absolute atomic E-state index is 9.73. The normalized spacial score (nSPS) is 10.3. The fraction of sp³-hybridized carbons (Fsp3) is 0.143. The van der Waals surface area contributed by atoms with Gasteiger partial charge in [-0.15, -0.1) is 0 Å². The van der Waals surface area contributed by atoms with Crippen LogP contribution in [0.1, 0.15) is 12.5 Å². The maximum Gasteiger partial charge on any atom is 0.123 e. The number of phenolic OH excluding ortho intramolecular Hbond substituents is 2. The highest BCUT2D eigenvalue weighted by atomic mass is 16.3. The van der Waals surface area contributed by atoms with Crippen LogP contribution < -0.4 is 0 Å². The van der Waals surface area contributed by atoms with Gasteiger partial charge in [-0.3, -0.25) is 0 Å². The molecule has 0 aliphatic rings. The van der Waals surface area contributed by atoms with Crippen molar-refractivity contribution in [3.63, 3.8) is 0 Å². The minimum atomic E-state index is 0.259. The first-order valence-electron chi connectivity index (χ1n) is 5.32. The van der Waals surface area contributed by atoms with Crippen molar-refractivity contribution in [2.45, 2.75) is 13.3 Å². The van der Waals surface area contributed by atoms with Crippen LogP contribution in [0.3, 0.4) is 0 Å². The van der Waals surface area contributed by atoms with E-state index in [0.717, 1.165) is 23.1 Å². The van der Waals surface area contributed by atoms with E-state index in [9.17, 15) is 10.2 Å². The van der Waals surface area contributed by atoms with Gasteiger partial charge in [0.15, 0.2) is 0 Å². The van der Waals surface area contributed by atoms with E-state index in [2.05, 4.69) is 0 Å². The third kappa shape index (κ3) is 1.87. The molecule has 0 atom stereocenters. The summed E-state index contributed by atoms with van der Waals surface area (Å²) < 4.78 is 0. The molecule has 0 saturated heterocycles. The first kappa shape index (κ1) is 10.6. The molecule has 0 bridgehead atoms. The van der Waals surface area contributed by atoms with Crippen LogP contribution in [0, 0.1) is 0 Å². The number of hydrogen-bond acceptors (Lipinski definition) is 2. The minimum absolute atomic E-state index is 0.259. The van der Waals surface area contributed by atoms with Crippen molar-refractivity contribution in [1.29, 1.82) is 0 Å². The van der Waals surface area contributed by atoms with Gasteiger partial charge in [0.1, 0.15) is 11.5 Å². The second kappa shape index (κ2) is 4.27. The van der Waals surface area contributed by atoms with Crippen LogP contribution >= 0.6 is 0 Å². The lowest BCUT2D eigenvalue weighted by Crippen LogP contribution is -1.84. The molecule has 82 valence electrons.